The lowest BCUT2D eigenvalue weighted by atomic mass is 9.75. The Labute approximate surface area is 80.4 Å². The molecule has 0 spiro atoms. The first-order valence-electron chi connectivity index (χ1n) is 4.75. The second-order valence-corrected chi connectivity index (χ2v) is 4.17. The van der Waals surface area contributed by atoms with Gasteiger partial charge in [-0.25, -0.2) is 0 Å². The van der Waals surface area contributed by atoms with Crippen LogP contribution in [-0.2, 0) is 5.41 Å². The van der Waals surface area contributed by atoms with Gasteiger partial charge in [0.25, 0.3) is 0 Å². The number of hydrogen-bond acceptors (Lipinski definition) is 1. The summed E-state index contributed by atoms with van der Waals surface area (Å²) in [7, 11) is 0. The fourth-order valence-corrected chi connectivity index (χ4v) is 1.38. The summed E-state index contributed by atoms with van der Waals surface area (Å²) in [4.78, 5) is 0. The molecule has 0 aromatic heterocycles. The van der Waals surface area contributed by atoms with Crippen molar-refractivity contribution in [2.24, 2.45) is 5.92 Å². The lowest BCUT2D eigenvalue weighted by Gasteiger charge is -2.31. The van der Waals surface area contributed by atoms with Gasteiger partial charge in [-0.15, -0.1) is 0 Å². The molecule has 0 bridgehead atoms. The molecule has 0 aliphatic carbocycles. The van der Waals surface area contributed by atoms with E-state index in [-0.39, 0.29) is 17.9 Å². The van der Waals surface area contributed by atoms with E-state index in [1.807, 2.05) is 18.2 Å². The van der Waals surface area contributed by atoms with Crippen LogP contribution in [0.1, 0.15) is 26.3 Å². The Balaban J connectivity index is 2.93. The summed E-state index contributed by atoms with van der Waals surface area (Å²) in [5, 5.41) is 9.13. The van der Waals surface area contributed by atoms with E-state index in [9.17, 15) is 0 Å². The van der Waals surface area contributed by atoms with Crippen molar-refractivity contribution in [1.29, 1.82) is 0 Å². The zero-order valence-corrected chi connectivity index (χ0v) is 8.62. The van der Waals surface area contributed by atoms with Crippen LogP contribution in [0.25, 0.3) is 0 Å². The molecular formula is C12H18O. The summed E-state index contributed by atoms with van der Waals surface area (Å²) in [6.07, 6.45) is 0. The van der Waals surface area contributed by atoms with Crippen molar-refractivity contribution in [1.82, 2.24) is 0 Å². The standard InChI is InChI=1S/C12H18O/c1-10(9-13)12(2,3)11-7-5-4-6-8-11/h4-8,10,13H,9H2,1-3H3/t10-/m1/s1. The molecule has 13 heavy (non-hydrogen) atoms. The SMILES string of the molecule is C[C@H](CO)C(C)(C)c1ccccc1. The summed E-state index contributed by atoms with van der Waals surface area (Å²) in [5.41, 5.74) is 1.34. The summed E-state index contributed by atoms with van der Waals surface area (Å²) in [5.74, 6) is 0.287. The normalized spacial score (nSPS) is 14.2. The lowest BCUT2D eigenvalue weighted by Crippen LogP contribution is -2.28. The minimum Gasteiger partial charge on any atom is -0.396 e. The van der Waals surface area contributed by atoms with Crippen molar-refractivity contribution < 1.29 is 5.11 Å². The molecule has 0 saturated carbocycles. The average Bonchev–Trinajstić information content (AvgIpc) is 2.18. The molecule has 1 nitrogen and oxygen atoms in total. The van der Waals surface area contributed by atoms with Gasteiger partial charge in [0.05, 0.1) is 0 Å². The Morgan fingerprint density at radius 2 is 1.77 bits per heavy atom. The van der Waals surface area contributed by atoms with Gasteiger partial charge >= 0.3 is 0 Å². The first-order valence-corrected chi connectivity index (χ1v) is 4.75. The number of rotatable bonds is 3. The molecule has 0 aliphatic heterocycles. The van der Waals surface area contributed by atoms with Gasteiger partial charge in [-0.2, -0.15) is 0 Å². The smallest absolute Gasteiger partial charge is 0.0464 e. The van der Waals surface area contributed by atoms with Crippen LogP contribution in [0.3, 0.4) is 0 Å². The van der Waals surface area contributed by atoms with E-state index in [1.54, 1.807) is 0 Å². The molecule has 1 aromatic rings. The van der Waals surface area contributed by atoms with Crippen molar-refractivity contribution in [2.75, 3.05) is 6.61 Å². The van der Waals surface area contributed by atoms with E-state index in [0.29, 0.717) is 0 Å². The maximum Gasteiger partial charge on any atom is 0.0464 e. The zero-order valence-electron chi connectivity index (χ0n) is 8.62. The van der Waals surface area contributed by atoms with E-state index >= 15 is 0 Å². The molecule has 1 N–H and O–H groups in total. The Morgan fingerprint density at radius 3 is 2.23 bits per heavy atom. The van der Waals surface area contributed by atoms with Gasteiger partial charge in [-0.05, 0) is 16.9 Å². The number of aliphatic hydroxyl groups is 1. The van der Waals surface area contributed by atoms with Crippen molar-refractivity contribution in [3.63, 3.8) is 0 Å². The highest BCUT2D eigenvalue weighted by atomic mass is 16.3. The van der Waals surface area contributed by atoms with Gasteiger partial charge < -0.3 is 5.11 Å². The second kappa shape index (κ2) is 3.93. The Kier molecular flexibility index (Phi) is 3.10. The maximum atomic E-state index is 9.13. The van der Waals surface area contributed by atoms with Crippen LogP contribution in [0.5, 0.6) is 0 Å². The Bertz CT molecular complexity index is 251. The van der Waals surface area contributed by atoms with E-state index in [0.717, 1.165) is 0 Å². The Morgan fingerprint density at radius 1 is 1.23 bits per heavy atom. The van der Waals surface area contributed by atoms with Crippen LogP contribution >= 0.6 is 0 Å². The van der Waals surface area contributed by atoms with Crippen molar-refractivity contribution >= 4 is 0 Å². The van der Waals surface area contributed by atoms with Crippen LogP contribution in [0.15, 0.2) is 30.3 Å². The summed E-state index contributed by atoms with van der Waals surface area (Å²) >= 11 is 0. The zero-order chi connectivity index (χ0) is 9.90. The molecular weight excluding hydrogens is 160 g/mol. The topological polar surface area (TPSA) is 20.2 Å². The lowest BCUT2D eigenvalue weighted by molar-refractivity contribution is 0.181. The molecule has 0 unspecified atom stereocenters. The van der Waals surface area contributed by atoms with Crippen molar-refractivity contribution in [3.05, 3.63) is 35.9 Å². The average molecular weight is 178 g/mol. The third kappa shape index (κ3) is 2.10. The quantitative estimate of drug-likeness (QED) is 0.754. The van der Waals surface area contributed by atoms with Gasteiger partial charge in [0.15, 0.2) is 0 Å². The minimum atomic E-state index is 0.0516. The molecule has 1 rings (SSSR count). The highest BCUT2D eigenvalue weighted by Crippen LogP contribution is 2.30. The van der Waals surface area contributed by atoms with Crippen LogP contribution < -0.4 is 0 Å². The van der Waals surface area contributed by atoms with E-state index in [2.05, 4.69) is 32.9 Å². The van der Waals surface area contributed by atoms with Crippen LogP contribution in [-0.4, -0.2) is 11.7 Å². The molecule has 0 aliphatic rings. The third-order valence-corrected chi connectivity index (χ3v) is 3.02. The molecule has 0 amide bonds. The van der Waals surface area contributed by atoms with Gasteiger partial charge in [0, 0.05) is 6.61 Å². The van der Waals surface area contributed by atoms with E-state index in [4.69, 9.17) is 5.11 Å². The fraction of sp³-hybridized carbons (Fsp3) is 0.500. The predicted molar refractivity (Wildman–Crippen MR) is 55.7 cm³/mol. The van der Waals surface area contributed by atoms with Crippen LogP contribution in [0.2, 0.25) is 0 Å². The molecule has 0 heterocycles. The van der Waals surface area contributed by atoms with Crippen molar-refractivity contribution in [2.45, 2.75) is 26.2 Å². The van der Waals surface area contributed by atoms with E-state index in [1.165, 1.54) is 5.56 Å². The number of aliphatic hydroxyl groups excluding tert-OH is 1. The van der Waals surface area contributed by atoms with Gasteiger partial charge in [-0.3, -0.25) is 0 Å². The molecule has 72 valence electrons. The highest BCUT2D eigenvalue weighted by molar-refractivity contribution is 5.24. The van der Waals surface area contributed by atoms with Crippen LogP contribution in [0.4, 0.5) is 0 Å². The summed E-state index contributed by atoms with van der Waals surface area (Å²) in [6, 6.07) is 10.3. The van der Waals surface area contributed by atoms with E-state index < -0.39 is 0 Å². The van der Waals surface area contributed by atoms with Gasteiger partial charge in [0.2, 0.25) is 0 Å². The fourth-order valence-electron chi connectivity index (χ4n) is 1.38. The van der Waals surface area contributed by atoms with Crippen LogP contribution in [0, 0.1) is 5.92 Å². The predicted octanol–water partition coefficient (Wildman–Crippen LogP) is 2.59. The largest absolute Gasteiger partial charge is 0.396 e. The molecule has 1 aromatic carbocycles. The summed E-state index contributed by atoms with van der Waals surface area (Å²) < 4.78 is 0. The molecule has 0 fully saturated rings. The Hall–Kier alpha value is -0.820. The molecule has 0 saturated heterocycles. The third-order valence-electron chi connectivity index (χ3n) is 3.02. The number of benzene rings is 1. The van der Waals surface area contributed by atoms with Gasteiger partial charge in [-0.1, -0.05) is 51.1 Å². The molecule has 1 heteroatoms. The van der Waals surface area contributed by atoms with Crippen molar-refractivity contribution in [3.8, 4) is 0 Å². The number of hydrogen-bond donors (Lipinski definition) is 1. The maximum absolute atomic E-state index is 9.13. The van der Waals surface area contributed by atoms with Gasteiger partial charge in [0.1, 0.15) is 0 Å². The molecule has 1 atom stereocenters. The minimum absolute atomic E-state index is 0.0516. The summed E-state index contributed by atoms with van der Waals surface area (Å²) in [6.45, 7) is 6.65. The monoisotopic (exact) mass is 178 g/mol. The second-order valence-electron chi connectivity index (χ2n) is 4.17. The molecule has 0 radical (unpaired) electrons. The first kappa shape index (κ1) is 10.3. The highest BCUT2D eigenvalue weighted by Gasteiger charge is 2.26. The first-order chi connectivity index (χ1) is 6.09.